The van der Waals surface area contributed by atoms with Crippen molar-refractivity contribution in [2.45, 2.75) is 39.3 Å². The highest BCUT2D eigenvalue weighted by molar-refractivity contribution is 6.30. The van der Waals surface area contributed by atoms with Crippen molar-refractivity contribution in [1.29, 1.82) is 0 Å². The number of rotatable bonds is 4. The molecule has 1 aliphatic carbocycles. The van der Waals surface area contributed by atoms with Crippen molar-refractivity contribution < 1.29 is 0 Å². The second kappa shape index (κ2) is 5.23. The van der Waals surface area contributed by atoms with Crippen LogP contribution in [-0.4, -0.2) is 15.8 Å². The maximum Gasteiger partial charge on any atom is 0.0674 e. The van der Waals surface area contributed by atoms with Gasteiger partial charge in [0, 0.05) is 35.9 Å². The summed E-state index contributed by atoms with van der Waals surface area (Å²) in [5.41, 5.74) is 5.99. The van der Waals surface area contributed by atoms with Crippen molar-refractivity contribution in [3.05, 3.63) is 40.2 Å². The van der Waals surface area contributed by atoms with Gasteiger partial charge in [-0.05, 0) is 49.9 Å². The molecule has 0 aliphatic heterocycles. The van der Waals surface area contributed by atoms with E-state index in [4.69, 9.17) is 11.6 Å². The summed E-state index contributed by atoms with van der Waals surface area (Å²) in [5, 5.41) is 8.88. The van der Waals surface area contributed by atoms with E-state index >= 15 is 0 Å². The third-order valence-electron chi connectivity index (χ3n) is 4.00. The minimum absolute atomic E-state index is 0.693. The normalized spacial score (nSPS) is 14.8. The molecule has 1 aliphatic rings. The van der Waals surface area contributed by atoms with E-state index in [0.717, 1.165) is 17.3 Å². The zero-order valence-electron chi connectivity index (χ0n) is 12.2. The van der Waals surface area contributed by atoms with Crippen molar-refractivity contribution in [2.75, 3.05) is 0 Å². The number of nitrogens with zero attached hydrogens (tertiary/aromatic N) is 2. The van der Waals surface area contributed by atoms with Gasteiger partial charge in [-0.15, -0.1) is 0 Å². The summed E-state index contributed by atoms with van der Waals surface area (Å²) >= 11 is 6.17. The van der Waals surface area contributed by atoms with Crippen LogP contribution in [0.2, 0.25) is 5.02 Å². The Kier molecular flexibility index (Phi) is 3.57. The van der Waals surface area contributed by atoms with Crippen molar-refractivity contribution in [1.82, 2.24) is 15.1 Å². The summed E-state index contributed by atoms with van der Waals surface area (Å²) in [4.78, 5) is 0. The predicted molar refractivity (Wildman–Crippen MR) is 83.0 cm³/mol. The molecule has 1 aromatic carbocycles. The lowest BCUT2D eigenvalue weighted by Gasteiger charge is -2.12. The summed E-state index contributed by atoms with van der Waals surface area (Å²) in [5.74, 6) is 0. The highest BCUT2D eigenvalue weighted by Crippen LogP contribution is 2.32. The molecule has 0 unspecified atom stereocenters. The molecule has 0 radical (unpaired) electrons. The van der Waals surface area contributed by atoms with E-state index in [-0.39, 0.29) is 0 Å². The molecule has 4 heteroatoms. The number of nitrogens with one attached hydrogen (secondary N) is 1. The minimum atomic E-state index is 0.693. The first kappa shape index (κ1) is 13.7. The topological polar surface area (TPSA) is 29.9 Å². The lowest BCUT2D eigenvalue weighted by atomic mass is 9.98. The van der Waals surface area contributed by atoms with Gasteiger partial charge < -0.3 is 5.32 Å². The fourth-order valence-electron chi connectivity index (χ4n) is 2.66. The summed E-state index contributed by atoms with van der Waals surface area (Å²) in [6, 6.07) is 6.84. The fraction of sp³-hybridized carbons (Fsp3) is 0.438. The molecule has 1 heterocycles. The van der Waals surface area contributed by atoms with Gasteiger partial charge in [0.15, 0.2) is 0 Å². The van der Waals surface area contributed by atoms with Crippen LogP contribution in [-0.2, 0) is 13.6 Å². The molecular weight excluding hydrogens is 270 g/mol. The molecule has 0 saturated heterocycles. The Bertz CT molecular complexity index is 641. The first-order valence-electron chi connectivity index (χ1n) is 7.08. The number of aryl methyl sites for hydroxylation is 2. The van der Waals surface area contributed by atoms with Crippen LogP contribution < -0.4 is 5.32 Å². The number of halogens is 1. The van der Waals surface area contributed by atoms with E-state index in [9.17, 15) is 0 Å². The van der Waals surface area contributed by atoms with E-state index < -0.39 is 0 Å². The largest absolute Gasteiger partial charge is 0.310 e. The number of aromatic nitrogens is 2. The number of benzene rings is 1. The van der Waals surface area contributed by atoms with Gasteiger partial charge in [-0.1, -0.05) is 17.7 Å². The Morgan fingerprint density at radius 3 is 2.70 bits per heavy atom. The summed E-state index contributed by atoms with van der Waals surface area (Å²) in [6.45, 7) is 5.05. The molecule has 1 aromatic heterocycles. The van der Waals surface area contributed by atoms with E-state index in [0.29, 0.717) is 6.04 Å². The molecule has 0 amide bonds. The molecule has 2 aromatic rings. The van der Waals surface area contributed by atoms with E-state index in [1.165, 1.54) is 35.2 Å². The maximum atomic E-state index is 6.17. The van der Waals surface area contributed by atoms with Gasteiger partial charge >= 0.3 is 0 Å². The molecular formula is C16H20ClN3. The predicted octanol–water partition coefficient (Wildman–Crippen LogP) is 3.61. The van der Waals surface area contributed by atoms with Gasteiger partial charge in [-0.3, -0.25) is 4.68 Å². The Morgan fingerprint density at radius 2 is 2.10 bits per heavy atom. The summed E-state index contributed by atoms with van der Waals surface area (Å²) < 4.78 is 1.94. The van der Waals surface area contributed by atoms with Crippen LogP contribution in [0.15, 0.2) is 18.2 Å². The summed E-state index contributed by atoms with van der Waals surface area (Å²) in [7, 11) is 1.99. The van der Waals surface area contributed by atoms with Gasteiger partial charge in [-0.25, -0.2) is 0 Å². The van der Waals surface area contributed by atoms with Crippen molar-refractivity contribution >= 4 is 11.6 Å². The molecule has 1 saturated carbocycles. The van der Waals surface area contributed by atoms with Crippen LogP contribution in [0, 0.1) is 13.8 Å². The van der Waals surface area contributed by atoms with Gasteiger partial charge in [0.05, 0.1) is 5.69 Å². The summed E-state index contributed by atoms with van der Waals surface area (Å²) in [6.07, 6.45) is 2.59. The maximum absolute atomic E-state index is 6.17. The Hall–Kier alpha value is -1.32. The molecule has 3 rings (SSSR count). The third kappa shape index (κ3) is 2.60. The number of hydrogen-bond acceptors (Lipinski definition) is 2. The SMILES string of the molecule is Cc1nn(C)c(C)c1-c1ccc(Cl)cc1CNC1CC1. The van der Waals surface area contributed by atoms with E-state index in [2.05, 4.69) is 36.4 Å². The molecule has 3 nitrogen and oxygen atoms in total. The first-order valence-corrected chi connectivity index (χ1v) is 7.46. The van der Waals surface area contributed by atoms with Crippen molar-refractivity contribution in [3.8, 4) is 11.1 Å². The average Bonchev–Trinajstić information content (AvgIpc) is 3.18. The molecule has 1 fully saturated rings. The highest BCUT2D eigenvalue weighted by Gasteiger charge is 2.21. The Balaban J connectivity index is 2.02. The molecule has 20 heavy (non-hydrogen) atoms. The first-order chi connectivity index (χ1) is 9.56. The van der Waals surface area contributed by atoms with Gasteiger partial charge in [0.25, 0.3) is 0 Å². The van der Waals surface area contributed by atoms with Crippen molar-refractivity contribution in [2.24, 2.45) is 7.05 Å². The van der Waals surface area contributed by atoms with Crippen LogP contribution in [0.25, 0.3) is 11.1 Å². The molecule has 0 spiro atoms. The zero-order chi connectivity index (χ0) is 14.3. The quantitative estimate of drug-likeness (QED) is 0.932. The average molecular weight is 290 g/mol. The monoisotopic (exact) mass is 289 g/mol. The number of hydrogen-bond donors (Lipinski definition) is 1. The van der Waals surface area contributed by atoms with Crippen LogP contribution in [0.3, 0.4) is 0 Å². The third-order valence-corrected chi connectivity index (χ3v) is 4.24. The van der Waals surface area contributed by atoms with E-state index in [1.807, 2.05) is 17.8 Å². The Morgan fingerprint density at radius 1 is 1.35 bits per heavy atom. The molecule has 1 N–H and O–H groups in total. The lowest BCUT2D eigenvalue weighted by molar-refractivity contribution is 0.688. The fourth-order valence-corrected chi connectivity index (χ4v) is 2.85. The van der Waals surface area contributed by atoms with Crippen LogP contribution in [0.1, 0.15) is 29.8 Å². The van der Waals surface area contributed by atoms with E-state index in [1.54, 1.807) is 0 Å². The molecule has 0 bridgehead atoms. The van der Waals surface area contributed by atoms with Crippen LogP contribution in [0.5, 0.6) is 0 Å². The molecule has 106 valence electrons. The van der Waals surface area contributed by atoms with Crippen LogP contribution in [0.4, 0.5) is 0 Å². The standard InChI is InChI=1S/C16H20ClN3/c1-10-16(11(2)20(3)19-10)15-7-4-13(17)8-12(15)9-18-14-5-6-14/h4,7-8,14,18H,5-6,9H2,1-3H3. The highest BCUT2D eigenvalue weighted by atomic mass is 35.5. The van der Waals surface area contributed by atoms with Crippen molar-refractivity contribution in [3.63, 3.8) is 0 Å². The van der Waals surface area contributed by atoms with Gasteiger partial charge in [-0.2, -0.15) is 5.10 Å². The second-order valence-corrected chi connectivity index (χ2v) is 6.06. The second-order valence-electron chi connectivity index (χ2n) is 5.63. The van der Waals surface area contributed by atoms with Crippen LogP contribution >= 0.6 is 11.6 Å². The minimum Gasteiger partial charge on any atom is -0.310 e. The smallest absolute Gasteiger partial charge is 0.0674 e. The lowest BCUT2D eigenvalue weighted by Crippen LogP contribution is -2.16. The molecule has 0 atom stereocenters. The zero-order valence-corrected chi connectivity index (χ0v) is 13.0. The van der Waals surface area contributed by atoms with Gasteiger partial charge in [0.1, 0.15) is 0 Å². The Labute approximate surface area is 124 Å². The van der Waals surface area contributed by atoms with Gasteiger partial charge in [0.2, 0.25) is 0 Å².